The Morgan fingerprint density at radius 3 is 2.71 bits per heavy atom. The van der Waals surface area contributed by atoms with E-state index >= 15 is 0 Å². The monoisotopic (exact) mass is 394 g/mol. The molecule has 1 aromatic heterocycles. The van der Waals surface area contributed by atoms with Crippen molar-refractivity contribution < 1.29 is 4.74 Å². The van der Waals surface area contributed by atoms with E-state index in [0.29, 0.717) is 11.5 Å². The standard InChI is InChI=1S/C15H15IN4O/c1-3-4-5-10-7-12(11(16)6-9(10)2)21-13-8-19-15(18)20-14(13)17/h3-8H,1H2,2H3,(H4,17,18,19,20). The van der Waals surface area contributed by atoms with Crippen LogP contribution in [0.1, 0.15) is 11.1 Å². The number of aromatic nitrogens is 2. The van der Waals surface area contributed by atoms with Crippen molar-refractivity contribution in [3.05, 3.63) is 51.8 Å². The van der Waals surface area contributed by atoms with Gasteiger partial charge in [0, 0.05) is 0 Å². The van der Waals surface area contributed by atoms with Crippen LogP contribution in [0, 0.1) is 10.5 Å². The maximum atomic E-state index is 5.80. The molecular weight excluding hydrogens is 379 g/mol. The summed E-state index contributed by atoms with van der Waals surface area (Å²) in [5, 5.41) is 0. The second-order valence-corrected chi connectivity index (χ2v) is 5.48. The molecule has 0 bridgehead atoms. The number of ether oxygens (including phenoxy) is 1. The molecule has 0 saturated heterocycles. The van der Waals surface area contributed by atoms with Gasteiger partial charge in [0.05, 0.1) is 9.77 Å². The minimum Gasteiger partial charge on any atom is -0.451 e. The lowest BCUT2D eigenvalue weighted by molar-refractivity contribution is 0.477. The molecular formula is C15H15IN4O. The van der Waals surface area contributed by atoms with Crippen molar-refractivity contribution in [2.24, 2.45) is 0 Å². The summed E-state index contributed by atoms with van der Waals surface area (Å²) in [6.45, 7) is 5.71. The molecule has 0 spiro atoms. The average Bonchev–Trinajstić information content (AvgIpc) is 2.43. The lowest BCUT2D eigenvalue weighted by Crippen LogP contribution is -2.02. The second-order valence-electron chi connectivity index (χ2n) is 4.31. The molecule has 0 aliphatic carbocycles. The topological polar surface area (TPSA) is 87.0 Å². The second kappa shape index (κ2) is 6.57. The highest BCUT2D eigenvalue weighted by Gasteiger charge is 2.10. The molecule has 0 fully saturated rings. The van der Waals surface area contributed by atoms with Crippen LogP contribution in [0.5, 0.6) is 11.5 Å². The number of aryl methyl sites for hydroxylation is 1. The van der Waals surface area contributed by atoms with Crippen LogP contribution < -0.4 is 16.2 Å². The third-order valence-electron chi connectivity index (χ3n) is 2.75. The van der Waals surface area contributed by atoms with Gasteiger partial charge in [-0.2, -0.15) is 4.98 Å². The Kier molecular flexibility index (Phi) is 4.79. The zero-order valence-electron chi connectivity index (χ0n) is 11.5. The molecule has 21 heavy (non-hydrogen) atoms. The first-order chi connectivity index (χ1) is 10.0. The van der Waals surface area contributed by atoms with Gasteiger partial charge in [0.1, 0.15) is 5.75 Å². The Balaban J connectivity index is 2.39. The SMILES string of the molecule is C=CC=Cc1cc(Oc2cnc(N)nc2N)c(I)cc1C. The number of nitrogens with zero attached hydrogens (tertiary/aromatic N) is 2. The highest BCUT2D eigenvalue weighted by atomic mass is 127. The van der Waals surface area contributed by atoms with Crippen LogP contribution in [-0.4, -0.2) is 9.97 Å². The fourth-order valence-corrected chi connectivity index (χ4v) is 2.43. The van der Waals surface area contributed by atoms with Crippen molar-refractivity contribution in [3.8, 4) is 11.5 Å². The first-order valence-corrected chi connectivity index (χ1v) is 7.24. The van der Waals surface area contributed by atoms with Gasteiger partial charge in [-0.05, 0) is 52.8 Å². The molecule has 0 saturated carbocycles. The van der Waals surface area contributed by atoms with Gasteiger partial charge in [0.15, 0.2) is 11.6 Å². The van der Waals surface area contributed by atoms with Crippen LogP contribution in [0.15, 0.2) is 37.1 Å². The van der Waals surface area contributed by atoms with E-state index in [-0.39, 0.29) is 11.8 Å². The minimum absolute atomic E-state index is 0.119. The predicted molar refractivity (Wildman–Crippen MR) is 94.1 cm³/mol. The van der Waals surface area contributed by atoms with E-state index in [2.05, 4.69) is 39.1 Å². The smallest absolute Gasteiger partial charge is 0.222 e. The Morgan fingerprint density at radius 1 is 1.29 bits per heavy atom. The maximum Gasteiger partial charge on any atom is 0.222 e. The molecule has 0 amide bonds. The molecule has 0 atom stereocenters. The van der Waals surface area contributed by atoms with Crippen molar-refractivity contribution >= 4 is 40.4 Å². The predicted octanol–water partition coefficient (Wildman–Crippen LogP) is 3.55. The fraction of sp³-hybridized carbons (Fsp3) is 0.0667. The normalized spacial score (nSPS) is 10.8. The summed E-state index contributed by atoms with van der Waals surface area (Å²) in [6, 6.07) is 3.97. The lowest BCUT2D eigenvalue weighted by atomic mass is 10.1. The van der Waals surface area contributed by atoms with Gasteiger partial charge in [0.25, 0.3) is 0 Å². The summed E-state index contributed by atoms with van der Waals surface area (Å²) in [7, 11) is 0. The first-order valence-electron chi connectivity index (χ1n) is 6.16. The van der Waals surface area contributed by atoms with E-state index in [1.54, 1.807) is 6.08 Å². The van der Waals surface area contributed by atoms with Crippen molar-refractivity contribution in [1.82, 2.24) is 9.97 Å². The average molecular weight is 394 g/mol. The van der Waals surface area contributed by atoms with Crippen LogP contribution in [-0.2, 0) is 0 Å². The minimum atomic E-state index is 0.119. The van der Waals surface area contributed by atoms with E-state index in [1.807, 2.05) is 31.2 Å². The molecule has 108 valence electrons. The summed E-state index contributed by atoms with van der Waals surface area (Å²) in [4.78, 5) is 7.77. The fourth-order valence-electron chi connectivity index (χ4n) is 1.69. The molecule has 4 N–H and O–H groups in total. The first kappa shape index (κ1) is 15.3. The van der Waals surface area contributed by atoms with Crippen LogP contribution in [0.25, 0.3) is 6.08 Å². The molecule has 0 aliphatic heterocycles. The van der Waals surface area contributed by atoms with E-state index in [0.717, 1.165) is 14.7 Å². The number of benzene rings is 1. The number of nitrogens with two attached hydrogens (primary N) is 2. The number of hydrogen-bond acceptors (Lipinski definition) is 5. The Hall–Kier alpha value is -2.09. The highest BCUT2D eigenvalue weighted by Crippen LogP contribution is 2.32. The molecule has 0 aliphatic rings. The number of hydrogen-bond donors (Lipinski definition) is 2. The number of rotatable bonds is 4. The molecule has 6 heteroatoms. The van der Waals surface area contributed by atoms with E-state index in [9.17, 15) is 0 Å². The summed E-state index contributed by atoms with van der Waals surface area (Å²) in [5.74, 6) is 1.39. The zero-order valence-corrected chi connectivity index (χ0v) is 13.7. The van der Waals surface area contributed by atoms with Gasteiger partial charge >= 0.3 is 0 Å². The molecule has 0 unspecified atom stereocenters. The zero-order chi connectivity index (χ0) is 15.4. The third kappa shape index (κ3) is 3.72. The summed E-state index contributed by atoms with van der Waals surface area (Å²) in [6.07, 6.45) is 7.03. The van der Waals surface area contributed by atoms with Crippen LogP contribution in [0.3, 0.4) is 0 Å². The number of halogens is 1. The van der Waals surface area contributed by atoms with Crippen molar-refractivity contribution in [2.75, 3.05) is 11.5 Å². The summed E-state index contributed by atoms with van der Waals surface area (Å²) >= 11 is 2.21. The van der Waals surface area contributed by atoms with Crippen LogP contribution >= 0.6 is 22.6 Å². The third-order valence-corrected chi connectivity index (χ3v) is 3.60. The molecule has 1 aromatic carbocycles. The molecule has 2 aromatic rings. The van der Waals surface area contributed by atoms with Gasteiger partial charge in [0.2, 0.25) is 5.95 Å². The van der Waals surface area contributed by atoms with Crippen LogP contribution in [0.2, 0.25) is 0 Å². The lowest BCUT2D eigenvalue weighted by Gasteiger charge is -2.11. The van der Waals surface area contributed by atoms with Crippen molar-refractivity contribution in [3.63, 3.8) is 0 Å². The highest BCUT2D eigenvalue weighted by molar-refractivity contribution is 14.1. The number of nitrogen functional groups attached to an aromatic ring is 2. The Bertz CT molecular complexity index is 713. The van der Waals surface area contributed by atoms with E-state index in [1.165, 1.54) is 6.20 Å². The van der Waals surface area contributed by atoms with Crippen molar-refractivity contribution in [2.45, 2.75) is 6.92 Å². The van der Waals surface area contributed by atoms with Gasteiger partial charge < -0.3 is 16.2 Å². The Labute approximate surface area is 136 Å². The number of anilines is 2. The molecule has 2 rings (SSSR count). The maximum absolute atomic E-state index is 5.80. The molecule has 5 nitrogen and oxygen atoms in total. The van der Waals surface area contributed by atoms with E-state index < -0.39 is 0 Å². The van der Waals surface area contributed by atoms with Gasteiger partial charge in [-0.1, -0.05) is 24.8 Å². The molecule has 1 heterocycles. The van der Waals surface area contributed by atoms with Gasteiger partial charge in [-0.3, -0.25) is 0 Å². The van der Waals surface area contributed by atoms with E-state index in [4.69, 9.17) is 16.2 Å². The van der Waals surface area contributed by atoms with Crippen molar-refractivity contribution in [1.29, 1.82) is 0 Å². The largest absolute Gasteiger partial charge is 0.451 e. The Morgan fingerprint density at radius 2 is 2.05 bits per heavy atom. The molecule has 0 radical (unpaired) electrons. The number of allylic oxidation sites excluding steroid dienone is 2. The van der Waals surface area contributed by atoms with Gasteiger partial charge in [-0.25, -0.2) is 4.98 Å². The summed E-state index contributed by atoms with van der Waals surface area (Å²) in [5.41, 5.74) is 13.4. The summed E-state index contributed by atoms with van der Waals surface area (Å²) < 4.78 is 6.77. The van der Waals surface area contributed by atoms with Gasteiger partial charge in [-0.15, -0.1) is 0 Å². The quantitative estimate of drug-likeness (QED) is 0.612. The van der Waals surface area contributed by atoms with Crippen LogP contribution in [0.4, 0.5) is 11.8 Å².